The van der Waals surface area contributed by atoms with Gasteiger partial charge in [-0.1, -0.05) is 0 Å². The van der Waals surface area contributed by atoms with E-state index < -0.39 is 6.04 Å². The quantitative estimate of drug-likeness (QED) is 0.565. The molecule has 2 heterocycles. The number of carbonyl (C=O) groups excluding carboxylic acids is 2. The van der Waals surface area contributed by atoms with Crippen molar-refractivity contribution < 1.29 is 9.59 Å². The SMILES string of the molecule is O=C1CNC(C(=O)Nc2cnccn2)CN1. The second-order valence-electron chi connectivity index (χ2n) is 3.32. The number of piperazine rings is 1. The zero-order valence-electron chi connectivity index (χ0n) is 8.43. The van der Waals surface area contributed by atoms with Crippen LogP contribution < -0.4 is 16.0 Å². The van der Waals surface area contributed by atoms with E-state index in [9.17, 15) is 9.59 Å². The second-order valence-corrected chi connectivity index (χ2v) is 3.32. The van der Waals surface area contributed by atoms with Gasteiger partial charge >= 0.3 is 0 Å². The molecular weight excluding hydrogens is 210 g/mol. The number of aromatic nitrogens is 2. The third kappa shape index (κ3) is 2.51. The van der Waals surface area contributed by atoms with E-state index in [1.807, 2.05) is 0 Å². The lowest BCUT2D eigenvalue weighted by atomic mass is 10.2. The molecule has 16 heavy (non-hydrogen) atoms. The summed E-state index contributed by atoms with van der Waals surface area (Å²) in [7, 11) is 0. The molecular formula is C9H11N5O2. The predicted octanol–water partition coefficient (Wildman–Crippen LogP) is -1.50. The Hall–Kier alpha value is -2.02. The van der Waals surface area contributed by atoms with Crippen LogP contribution in [0.15, 0.2) is 18.6 Å². The molecule has 1 aliphatic rings. The van der Waals surface area contributed by atoms with Crippen molar-refractivity contribution in [3.63, 3.8) is 0 Å². The molecule has 1 unspecified atom stereocenters. The van der Waals surface area contributed by atoms with Gasteiger partial charge < -0.3 is 10.6 Å². The summed E-state index contributed by atoms with van der Waals surface area (Å²) >= 11 is 0. The summed E-state index contributed by atoms with van der Waals surface area (Å²) < 4.78 is 0. The maximum atomic E-state index is 11.7. The Labute approximate surface area is 91.7 Å². The molecule has 84 valence electrons. The van der Waals surface area contributed by atoms with Crippen molar-refractivity contribution in [3.8, 4) is 0 Å². The highest BCUT2D eigenvalue weighted by molar-refractivity contribution is 5.95. The number of nitrogens with zero attached hydrogens (tertiary/aromatic N) is 2. The average molecular weight is 221 g/mol. The molecule has 7 nitrogen and oxygen atoms in total. The number of amides is 2. The standard InChI is InChI=1S/C9H11N5O2/c15-8-5-12-6(3-13-8)9(16)14-7-4-10-1-2-11-7/h1-2,4,6,12H,3,5H2,(H,13,15)(H,11,14,16). The molecule has 1 aliphatic heterocycles. The van der Waals surface area contributed by atoms with Gasteiger partial charge in [0.1, 0.15) is 6.04 Å². The summed E-state index contributed by atoms with van der Waals surface area (Å²) in [6, 6.07) is -0.431. The van der Waals surface area contributed by atoms with Crippen LogP contribution in [0.5, 0.6) is 0 Å². The van der Waals surface area contributed by atoms with E-state index >= 15 is 0 Å². The van der Waals surface area contributed by atoms with Crippen LogP contribution in [-0.4, -0.2) is 40.9 Å². The van der Waals surface area contributed by atoms with E-state index in [-0.39, 0.29) is 24.9 Å². The fourth-order valence-electron chi connectivity index (χ4n) is 1.33. The van der Waals surface area contributed by atoms with E-state index in [2.05, 4.69) is 25.9 Å². The zero-order chi connectivity index (χ0) is 11.4. The fraction of sp³-hybridized carbons (Fsp3) is 0.333. The number of hydrogen-bond donors (Lipinski definition) is 3. The molecule has 1 aromatic heterocycles. The minimum Gasteiger partial charge on any atom is -0.353 e. The smallest absolute Gasteiger partial charge is 0.244 e. The maximum Gasteiger partial charge on any atom is 0.244 e. The molecule has 0 aromatic carbocycles. The Morgan fingerprint density at radius 2 is 2.38 bits per heavy atom. The second kappa shape index (κ2) is 4.67. The van der Waals surface area contributed by atoms with Gasteiger partial charge in [0.05, 0.1) is 12.7 Å². The Morgan fingerprint density at radius 3 is 3.00 bits per heavy atom. The largest absolute Gasteiger partial charge is 0.353 e. The first-order valence-electron chi connectivity index (χ1n) is 4.82. The molecule has 1 saturated heterocycles. The fourth-order valence-corrected chi connectivity index (χ4v) is 1.33. The molecule has 0 aliphatic carbocycles. The van der Waals surface area contributed by atoms with Crippen molar-refractivity contribution in [1.82, 2.24) is 20.6 Å². The van der Waals surface area contributed by atoms with Gasteiger partial charge in [0.25, 0.3) is 0 Å². The van der Waals surface area contributed by atoms with Gasteiger partial charge in [-0.25, -0.2) is 4.98 Å². The Kier molecular flexibility index (Phi) is 3.06. The number of nitrogens with one attached hydrogen (secondary N) is 3. The van der Waals surface area contributed by atoms with Crippen LogP contribution in [0.2, 0.25) is 0 Å². The number of hydrogen-bond acceptors (Lipinski definition) is 5. The van der Waals surface area contributed by atoms with Gasteiger partial charge in [-0.2, -0.15) is 0 Å². The van der Waals surface area contributed by atoms with Crippen LogP contribution in [-0.2, 0) is 9.59 Å². The Bertz CT molecular complexity index is 384. The van der Waals surface area contributed by atoms with E-state index in [4.69, 9.17) is 0 Å². The molecule has 2 amide bonds. The summed E-state index contributed by atoms with van der Waals surface area (Å²) in [6.07, 6.45) is 4.47. The molecule has 0 spiro atoms. The van der Waals surface area contributed by atoms with Crippen LogP contribution >= 0.6 is 0 Å². The molecule has 1 fully saturated rings. The van der Waals surface area contributed by atoms with Crippen molar-refractivity contribution in [3.05, 3.63) is 18.6 Å². The minimum atomic E-state index is -0.431. The maximum absolute atomic E-state index is 11.7. The third-order valence-electron chi connectivity index (χ3n) is 2.14. The third-order valence-corrected chi connectivity index (χ3v) is 2.14. The molecule has 2 rings (SSSR count). The highest BCUT2D eigenvalue weighted by Crippen LogP contribution is 1.99. The molecule has 7 heteroatoms. The number of anilines is 1. The first-order valence-corrected chi connectivity index (χ1v) is 4.82. The van der Waals surface area contributed by atoms with Crippen LogP contribution in [0.1, 0.15) is 0 Å². The Balaban J connectivity index is 1.91. The lowest BCUT2D eigenvalue weighted by Crippen LogP contribution is -2.56. The highest BCUT2D eigenvalue weighted by Gasteiger charge is 2.23. The lowest BCUT2D eigenvalue weighted by molar-refractivity contribution is -0.124. The molecule has 0 bridgehead atoms. The lowest BCUT2D eigenvalue weighted by Gasteiger charge is -2.22. The van der Waals surface area contributed by atoms with Crippen molar-refractivity contribution >= 4 is 17.6 Å². The average Bonchev–Trinajstić information content (AvgIpc) is 2.31. The first-order chi connectivity index (χ1) is 7.75. The Morgan fingerprint density at radius 1 is 1.50 bits per heavy atom. The normalized spacial score (nSPS) is 20.0. The molecule has 1 aromatic rings. The van der Waals surface area contributed by atoms with Crippen LogP contribution in [0.3, 0.4) is 0 Å². The van der Waals surface area contributed by atoms with E-state index in [0.717, 1.165) is 0 Å². The van der Waals surface area contributed by atoms with Crippen molar-refractivity contribution in [2.24, 2.45) is 0 Å². The first kappa shape index (κ1) is 10.5. The van der Waals surface area contributed by atoms with Crippen molar-refractivity contribution in [2.75, 3.05) is 18.4 Å². The van der Waals surface area contributed by atoms with E-state index in [1.165, 1.54) is 18.6 Å². The van der Waals surface area contributed by atoms with Gasteiger partial charge in [-0.3, -0.25) is 19.9 Å². The van der Waals surface area contributed by atoms with Gasteiger partial charge in [0.15, 0.2) is 5.82 Å². The minimum absolute atomic E-state index is 0.108. The zero-order valence-corrected chi connectivity index (χ0v) is 8.43. The predicted molar refractivity (Wildman–Crippen MR) is 55.5 cm³/mol. The number of rotatable bonds is 2. The molecule has 0 radical (unpaired) electrons. The summed E-state index contributed by atoms with van der Waals surface area (Å²) in [5.74, 6) is 0.0512. The summed E-state index contributed by atoms with van der Waals surface area (Å²) in [5.41, 5.74) is 0. The van der Waals surface area contributed by atoms with E-state index in [1.54, 1.807) is 0 Å². The van der Waals surface area contributed by atoms with E-state index in [0.29, 0.717) is 5.82 Å². The van der Waals surface area contributed by atoms with Crippen molar-refractivity contribution in [2.45, 2.75) is 6.04 Å². The molecule has 0 saturated carbocycles. The summed E-state index contributed by atoms with van der Waals surface area (Å²) in [5, 5.41) is 8.02. The van der Waals surface area contributed by atoms with Crippen LogP contribution in [0.4, 0.5) is 5.82 Å². The topological polar surface area (TPSA) is 96.0 Å². The number of carbonyl (C=O) groups is 2. The monoisotopic (exact) mass is 221 g/mol. The molecule has 1 atom stereocenters. The van der Waals surface area contributed by atoms with Gasteiger partial charge in [-0.15, -0.1) is 0 Å². The van der Waals surface area contributed by atoms with Crippen LogP contribution in [0, 0.1) is 0 Å². The molecule has 3 N–H and O–H groups in total. The highest BCUT2D eigenvalue weighted by atomic mass is 16.2. The van der Waals surface area contributed by atoms with Gasteiger partial charge in [0.2, 0.25) is 11.8 Å². The van der Waals surface area contributed by atoms with Gasteiger partial charge in [0, 0.05) is 18.9 Å². The van der Waals surface area contributed by atoms with Crippen LogP contribution in [0.25, 0.3) is 0 Å². The summed E-state index contributed by atoms with van der Waals surface area (Å²) in [4.78, 5) is 30.3. The van der Waals surface area contributed by atoms with Gasteiger partial charge in [-0.05, 0) is 0 Å². The summed E-state index contributed by atoms with van der Waals surface area (Å²) in [6.45, 7) is 0.434. The van der Waals surface area contributed by atoms with Crippen molar-refractivity contribution in [1.29, 1.82) is 0 Å².